The zero-order valence-electron chi connectivity index (χ0n) is 21.8. The average molecular weight is 552 g/mol. The number of benzene rings is 1. The monoisotopic (exact) mass is 551 g/mol. The number of rotatable bonds is 8. The Labute approximate surface area is 226 Å². The Bertz CT molecular complexity index is 1710. The molecule has 6 rings (SSSR count). The quantitative estimate of drug-likeness (QED) is 0.259. The minimum Gasteiger partial charge on any atom is -0.494 e. The molecule has 0 bridgehead atoms. The maximum atomic E-state index is 13.2. The highest BCUT2D eigenvalue weighted by Crippen LogP contribution is 2.45. The van der Waals surface area contributed by atoms with Crippen molar-refractivity contribution in [2.24, 2.45) is 0 Å². The van der Waals surface area contributed by atoms with Gasteiger partial charge in [0, 0.05) is 24.2 Å². The summed E-state index contributed by atoms with van der Waals surface area (Å²) in [4.78, 5) is 18.2. The molecule has 206 valence electrons. The Morgan fingerprint density at radius 3 is 2.60 bits per heavy atom. The van der Waals surface area contributed by atoms with Crippen molar-refractivity contribution < 1.29 is 27.1 Å². The SMILES string of the molecule is COc1cc(CNc2nc(-c3c(OC)ncnc3C3CC3)nc3ccoc23)ccc1-n1nc(C(F)(F)F)cc1C. The Morgan fingerprint density at radius 2 is 1.90 bits per heavy atom. The number of halogens is 3. The molecular weight excluding hydrogens is 527 g/mol. The second kappa shape index (κ2) is 9.81. The van der Waals surface area contributed by atoms with Gasteiger partial charge in [-0.15, -0.1) is 0 Å². The zero-order valence-corrected chi connectivity index (χ0v) is 21.8. The van der Waals surface area contributed by atoms with Crippen molar-refractivity contribution in [3.05, 3.63) is 65.6 Å². The molecule has 5 aromatic rings. The van der Waals surface area contributed by atoms with Crippen molar-refractivity contribution in [2.75, 3.05) is 19.5 Å². The van der Waals surface area contributed by atoms with Gasteiger partial charge >= 0.3 is 6.18 Å². The lowest BCUT2D eigenvalue weighted by Gasteiger charge is -2.14. The van der Waals surface area contributed by atoms with E-state index in [4.69, 9.17) is 18.9 Å². The van der Waals surface area contributed by atoms with Gasteiger partial charge in [0.1, 0.15) is 28.8 Å². The molecule has 0 aliphatic heterocycles. The number of nitrogens with one attached hydrogen (secondary N) is 1. The minimum atomic E-state index is -4.55. The van der Waals surface area contributed by atoms with Gasteiger partial charge in [-0.25, -0.2) is 24.6 Å². The summed E-state index contributed by atoms with van der Waals surface area (Å²) < 4.78 is 57.5. The van der Waals surface area contributed by atoms with Crippen LogP contribution in [0.15, 0.2) is 47.3 Å². The molecule has 1 aliphatic rings. The van der Waals surface area contributed by atoms with E-state index in [1.807, 2.05) is 0 Å². The number of methoxy groups -OCH3 is 2. The van der Waals surface area contributed by atoms with Crippen LogP contribution >= 0.6 is 0 Å². The van der Waals surface area contributed by atoms with Crippen molar-refractivity contribution in [1.29, 1.82) is 0 Å². The predicted octanol–water partition coefficient (Wildman–Crippen LogP) is 5.70. The predicted molar refractivity (Wildman–Crippen MR) is 139 cm³/mol. The average Bonchev–Trinajstić information content (AvgIpc) is 3.55. The largest absolute Gasteiger partial charge is 0.494 e. The van der Waals surface area contributed by atoms with Crippen LogP contribution in [0.25, 0.3) is 28.2 Å². The number of hydrogen-bond donors (Lipinski definition) is 1. The summed E-state index contributed by atoms with van der Waals surface area (Å²) in [7, 11) is 3.00. The smallest absolute Gasteiger partial charge is 0.435 e. The highest BCUT2D eigenvalue weighted by Gasteiger charge is 2.35. The number of furan rings is 1. The van der Waals surface area contributed by atoms with E-state index in [0.717, 1.165) is 30.2 Å². The third-order valence-electron chi connectivity index (χ3n) is 6.64. The molecule has 0 radical (unpaired) electrons. The van der Waals surface area contributed by atoms with Gasteiger partial charge < -0.3 is 19.2 Å². The first-order valence-corrected chi connectivity index (χ1v) is 12.5. The second-order valence-electron chi connectivity index (χ2n) is 9.39. The molecule has 4 heterocycles. The number of hydrogen-bond acceptors (Lipinski definition) is 9. The summed E-state index contributed by atoms with van der Waals surface area (Å²) in [6, 6.07) is 7.92. The summed E-state index contributed by atoms with van der Waals surface area (Å²) in [5.41, 5.74) is 3.12. The van der Waals surface area contributed by atoms with Crippen molar-refractivity contribution >= 4 is 16.9 Å². The fourth-order valence-electron chi connectivity index (χ4n) is 4.56. The molecule has 0 atom stereocenters. The lowest BCUT2D eigenvalue weighted by Crippen LogP contribution is -2.09. The van der Waals surface area contributed by atoms with E-state index in [9.17, 15) is 13.2 Å². The number of alkyl halides is 3. The lowest BCUT2D eigenvalue weighted by atomic mass is 10.1. The number of nitrogens with zero attached hydrogens (tertiary/aromatic N) is 6. The third kappa shape index (κ3) is 4.67. The van der Waals surface area contributed by atoms with E-state index in [1.54, 1.807) is 38.3 Å². The highest BCUT2D eigenvalue weighted by molar-refractivity contribution is 5.86. The number of anilines is 1. The van der Waals surface area contributed by atoms with E-state index in [2.05, 4.69) is 25.4 Å². The summed E-state index contributed by atoms with van der Waals surface area (Å²) >= 11 is 0. The van der Waals surface area contributed by atoms with Crippen LogP contribution in [0, 0.1) is 6.92 Å². The maximum Gasteiger partial charge on any atom is 0.435 e. The van der Waals surface area contributed by atoms with Crippen molar-refractivity contribution in [3.63, 3.8) is 0 Å². The lowest BCUT2D eigenvalue weighted by molar-refractivity contribution is -0.141. The van der Waals surface area contributed by atoms with Crippen LogP contribution in [0.5, 0.6) is 11.6 Å². The molecule has 0 spiro atoms. The number of aromatic nitrogens is 6. The fourth-order valence-corrected chi connectivity index (χ4v) is 4.56. The van der Waals surface area contributed by atoms with Crippen molar-refractivity contribution in [3.8, 4) is 28.7 Å². The third-order valence-corrected chi connectivity index (χ3v) is 6.64. The van der Waals surface area contributed by atoms with E-state index in [0.29, 0.717) is 63.8 Å². The Kier molecular flexibility index (Phi) is 6.28. The summed E-state index contributed by atoms with van der Waals surface area (Å²) in [6.07, 6.45) is 0.529. The molecule has 1 aromatic carbocycles. The fraction of sp³-hybridized carbons (Fsp3) is 0.296. The molecule has 40 heavy (non-hydrogen) atoms. The molecule has 1 saturated carbocycles. The van der Waals surface area contributed by atoms with E-state index < -0.39 is 11.9 Å². The minimum absolute atomic E-state index is 0.309. The van der Waals surface area contributed by atoms with Crippen LogP contribution in [0.3, 0.4) is 0 Å². The van der Waals surface area contributed by atoms with Gasteiger partial charge in [0.25, 0.3) is 0 Å². The molecule has 1 aliphatic carbocycles. The van der Waals surface area contributed by atoms with E-state index in [1.165, 1.54) is 24.4 Å². The van der Waals surface area contributed by atoms with E-state index in [-0.39, 0.29) is 0 Å². The molecule has 0 unspecified atom stereocenters. The van der Waals surface area contributed by atoms with Crippen LogP contribution in [-0.2, 0) is 12.7 Å². The van der Waals surface area contributed by atoms with Crippen LogP contribution in [-0.4, -0.2) is 43.9 Å². The van der Waals surface area contributed by atoms with Gasteiger partial charge in [-0.05, 0) is 43.5 Å². The first-order chi connectivity index (χ1) is 19.3. The van der Waals surface area contributed by atoms with Crippen LogP contribution in [0.1, 0.15) is 41.4 Å². The van der Waals surface area contributed by atoms with Gasteiger partial charge in [0.2, 0.25) is 5.88 Å². The van der Waals surface area contributed by atoms with Gasteiger partial charge in [-0.3, -0.25) is 0 Å². The topological polar surface area (TPSA) is 113 Å². The first kappa shape index (κ1) is 25.6. The Morgan fingerprint density at radius 1 is 1.07 bits per heavy atom. The molecule has 1 N–H and O–H groups in total. The zero-order chi connectivity index (χ0) is 28.0. The molecule has 13 heteroatoms. The first-order valence-electron chi connectivity index (χ1n) is 12.5. The molecule has 0 amide bonds. The Hall–Kier alpha value is -4.68. The van der Waals surface area contributed by atoms with Gasteiger partial charge in [-0.2, -0.15) is 18.3 Å². The van der Waals surface area contributed by atoms with Crippen LogP contribution in [0.4, 0.5) is 19.0 Å². The second-order valence-corrected chi connectivity index (χ2v) is 9.39. The molecule has 1 fully saturated rings. The summed E-state index contributed by atoms with van der Waals surface area (Å²) in [6.45, 7) is 1.87. The summed E-state index contributed by atoms with van der Waals surface area (Å²) in [5, 5.41) is 7.03. The van der Waals surface area contributed by atoms with Crippen molar-refractivity contribution in [1.82, 2.24) is 29.7 Å². The van der Waals surface area contributed by atoms with Crippen molar-refractivity contribution in [2.45, 2.75) is 38.4 Å². The summed E-state index contributed by atoms with van der Waals surface area (Å²) in [5.74, 6) is 1.94. The van der Waals surface area contributed by atoms with Crippen LogP contribution < -0.4 is 14.8 Å². The standard InChI is InChI=1S/C27H24F3N7O3/c1-14-10-20(27(28,29)30)36-37(14)18-7-4-15(11-19(18)38-2)12-31-25-23-17(8-9-40-23)34-24(35-25)21-22(16-5-6-16)32-13-33-26(21)39-3/h4,7-11,13,16H,5-6,12H2,1-3H3,(H,31,34,35). The van der Waals surface area contributed by atoms with Gasteiger partial charge in [0.15, 0.2) is 22.9 Å². The Balaban J connectivity index is 1.32. The maximum absolute atomic E-state index is 13.2. The molecular formula is C27H24F3N7O3. The molecule has 0 saturated heterocycles. The van der Waals surface area contributed by atoms with Gasteiger partial charge in [0.05, 0.1) is 26.2 Å². The molecule has 10 nitrogen and oxygen atoms in total. The highest BCUT2D eigenvalue weighted by atomic mass is 19.4. The number of ether oxygens (including phenoxy) is 2. The van der Waals surface area contributed by atoms with Gasteiger partial charge in [-0.1, -0.05) is 6.07 Å². The van der Waals surface area contributed by atoms with E-state index >= 15 is 0 Å². The number of fused-ring (bicyclic) bond motifs is 1. The number of aryl methyl sites for hydroxylation is 1. The normalized spacial score (nSPS) is 13.6. The molecule has 4 aromatic heterocycles. The van der Waals surface area contributed by atoms with Crippen LogP contribution in [0.2, 0.25) is 0 Å².